The van der Waals surface area contributed by atoms with Gasteiger partial charge in [-0.3, -0.25) is 9.00 Å². The molecule has 1 amide bonds. The lowest BCUT2D eigenvalue weighted by molar-refractivity contribution is -0.137. The Labute approximate surface area is 288 Å². The van der Waals surface area contributed by atoms with E-state index in [0.717, 1.165) is 34.6 Å². The smallest absolute Gasteiger partial charge is 0.394 e. The standard InChI is InChI=1S/C22H27N5O2S.C8H6F3NO.C4H10.C2H6/c1-15(14-28)25-21-20(16-5-7-17(23-2)8-6-16)13-24-22(27-21)26-18-9-11-19(12-10-18)30(3,4)29;9-8(10,11)6-2-1-3-7(4-6)12-5-13;1-3-4-2;1-2/h5-13,15,23,28H,3,14H2,1-2,4H3,(H2,24,25,26,27);1-5H,(H,12,13);3-4H2,1-2H3;1-2H3/t15-,30?;;;/m1.../s1. The zero-order valence-corrected chi connectivity index (χ0v) is 30.0. The Morgan fingerprint density at radius 2 is 1.55 bits per heavy atom. The zero-order chi connectivity index (χ0) is 37.0. The lowest BCUT2D eigenvalue weighted by atomic mass is 10.1. The van der Waals surface area contributed by atoms with E-state index in [0.29, 0.717) is 23.1 Å². The van der Waals surface area contributed by atoms with E-state index >= 15 is 0 Å². The van der Waals surface area contributed by atoms with Crippen LogP contribution in [-0.2, 0) is 20.5 Å². The number of halogens is 3. The van der Waals surface area contributed by atoms with Crippen LogP contribution in [0.5, 0.6) is 0 Å². The van der Waals surface area contributed by atoms with Crippen LogP contribution in [0.15, 0.2) is 83.9 Å². The molecular formula is C36H49F3N6O3S. The van der Waals surface area contributed by atoms with Gasteiger partial charge in [0.15, 0.2) is 0 Å². The maximum Gasteiger partial charge on any atom is 0.416 e. The van der Waals surface area contributed by atoms with E-state index in [2.05, 4.69) is 51.0 Å². The molecule has 0 aliphatic carbocycles. The van der Waals surface area contributed by atoms with Crippen LogP contribution in [-0.4, -0.2) is 57.5 Å². The fraction of sp³-hybridized carbons (Fsp3) is 0.333. The van der Waals surface area contributed by atoms with Gasteiger partial charge in [0, 0.05) is 53.1 Å². The number of aliphatic hydroxyl groups excluding tert-OH is 1. The van der Waals surface area contributed by atoms with E-state index in [4.69, 9.17) is 0 Å². The highest BCUT2D eigenvalue weighted by Crippen LogP contribution is 2.31. The Balaban J connectivity index is 0.000000523. The minimum absolute atomic E-state index is 0.0201. The van der Waals surface area contributed by atoms with Gasteiger partial charge in [-0.1, -0.05) is 58.7 Å². The van der Waals surface area contributed by atoms with Crippen LogP contribution in [0.3, 0.4) is 0 Å². The van der Waals surface area contributed by atoms with Crippen molar-refractivity contribution in [2.75, 3.05) is 41.2 Å². The average Bonchev–Trinajstić information content (AvgIpc) is 3.09. The quantitative estimate of drug-likeness (QED) is 0.0778. The van der Waals surface area contributed by atoms with Crippen molar-refractivity contribution < 1.29 is 27.3 Å². The highest BCUT2D eigenvalue weighted by molar-refractivity contribution is 7.99. The number of alkyl halides is 3. The van der Waals surface area contributed by atoms with E-state index in [9.17, 15) is 27.3 Å². The summed E-state index contributed by atoms with van der Waals surface area (Å²) >= 11 is 0. The normalized spacial score (nSPS) is 12.1. The lowest BCUT2D eigenvalue weighted by Gasteiger charge is -2.17. The summed E-state index contributed by atoms with van der Waals surface area (Å²) in [5, 5.41) is 21.1. The molecule has 0 saturated heterocycles. The molecule has 9 nitrogen and oxygen atoms in total. The molecule has 0 saturated carbocycles. The predicted octanol–water partition coefficient (Wildman–Crippen LogP) is 8.53. The van der Waals surface area contributed by atoms with Crippen molar-refractivity contribution in [2.24, 2.45) is 0 Å². The first-order valence-electron chi connectivity index (χ1n) is 15.8. The highest BCUT2D eigenvalue weighted by atomic mass is 32.2. The minimum atomic E-state index is -4.37. The second kappa shape index (κ2) is 21.4. The number of aromatic nitrogens is 2. The molecule has 0 aliphatic rings. The van der Waals surface area contributed by atoms with Crippen LogP contribution in [0.2, 0.25) is 0 Å². The Kier molecular flexibility index (Phi) is 18.5. The molecule has 1 unspecified atom stereocenters. The number of unbranched alkanes of at least 4 members (excludes halogenated alkanes) is 1. The highest BCUT2D eigenvalue weighted by Gasteiger charge is 2.30. The average molecular weight is 703 g/mol. The summed E-state index contributed by atoms with van der Waals surface area (Å²) in [6.07, 6.45) is 1.95. The van der Waals surface area contributed by atoms with Gasteiger partial charge in [0.05, 0.1) is 12.2 Å². The Bertz CT molecular complexity index is 1650. The Morgan fingerprint density at radius 1 is 0.959 bits per heavy atom. The molecule has 13 heteroatoms. The van der Waals surface area contributed by atoms with Crippen molar-refractivity contribution in [3.63, 3.8) is 0 Å². The lowest BCUT2D eigenvalue weighted by Crippen LogP contribution is -2.21. The largest absolute Gasteiger partial charge is 0.416 e. The van der Waals surface area contributed by atoms with Crippen molar-refractivity contribution in [2.45, 2.75) is 64.6 Å². The summed E-state index contributed by atoms with van der Waals surface area (Å²) in [7, 11) is -0.382. The summed E-state index contributed by atoms with van der Waals surface area (Å²) in [5.41, 5.74) is 2.93. The number of hydrogen-bond acceptors (Lipinski definition) is 8. The van der Waals surface area contributed by atoms with E-state index in [1.165, 1.54) is 25.0 Å². The van der Waals surface area contributed by atoms with Gasteiger partial charge >= 0.3 is 6.18 Å². The van der Waals surface area contributed by atoms with Gasteiger partial charge in [0.1, 0.15) is 5.82 Å². The second-order valence-electron chi connectivity index (χ2n) is 10.5. The molecule has 49 heavy (non-hydrogen) atoms. The summed E-state index contributed by atoms with van der Waals surface area (Å²) in [6, 6.07) is 19.4. The monoisotopic (exact) mass is 702 g/mol. The number of hydrogen-bond donors (Lipinski definition) is 5. The molecule has 0 spiro atoms. The van der Waals surface area contributed by atoms with Gasteiger partial charge in [-0.2, -0.15) is 18.2 Å². The number of anilines is 5. The van der Waals surface area contributed by atoms with Crippen LogP contribution < -0.4 is 21.3 Å². The summed E-state index contributed by atoms with van der Waals surface area (Å²) in [6.45, 7) is 10.2. The Hall–Kier alpha value is -4.62. The molecule has 5 N–H and O–H groups in total. The van der Waals surface area contributed by atoms with Crippen LogP contribution in [0.4, 0.5) is 42.0 Å². The van der Waals surface area contributed by atoms with Crippen LogP contribution in [0, 0.1) is 0 Å². The van der Waals surface area contributed by atoms with Gasteiger partial charge in [0.2, 0.25) is 12.4 Å². The number of benzene rings is 3. The van der Waals surface area contributed by atoms with Crippen molar-refractivity contribution >= 4 is 50.6 Å². The fourth-order valence-electron chi connectivity index (χ4n) is 3.67. The molecule has 0 radical (unpaired) electrons. The topological polar surface area (TPSA) is 128 Å². The van der Waals surface area contributed by atoms with Gasteiger partial charge in [-0.25, -0.2) is 4.98 Å². The summed E-state index contributed by atoms with van der Waals surface area (Å²) in [4.78, 5) is 19.7. The SMILES string of the molecule is C=S(C)(=O)c1ccc(Nc2ncc(-c3ccc(NC)cc3)c(N[C@H](C)CO)n2)cc1.CC.CCCC.O=CNc1cccc(C(F)(F)F)c1. The molecule has 0 aliphatic heterocycles. The molecule has 3 aromatic carbocycles. The van der Waals surface area contributed by atoms with E-state index < -0.39 is 21.3 Å². The second-order valence-corrected chi connectivity index (χ2v) is 13.0. The molecule has 2 atom stereocenters. The first-order chi connectivity index (χ1) is 23.2. The van der Waals surface area contributed by atoms with Crippen molar-refractivity contribution in [3.05, 3.63) is 84.6 Å². The van der Waals surface area contributed by atoms with E-state index in [1.54, 1.807) is 24.6 Å². The molecule has 1 aromatic heterocycles. The number of carbonyl (C=O) groups is 1. The molecule has 4 aromatic rings. The van der Waals surface area contributed by atoms with Gasteiger partial charge < -0.3 is 26.4 Å². The Morgan fingerprint density at radius 3 is 2.04 bits per heavy atom. The number of amides is 1. The maximum atomic E-state index is 12.1. The maximum absolute atomic E-state index is 12.1. The summed E-state index contributed by atoms with van der Waals surface area (Å²) in [5.74, 6) is 4.74. The molecule has 4 rings (SSSR count). The number of nitrogens with zero attached hydrogens (tertiary/aromatic N) is 2. The first kappa shape index (κ1) is 42.4. The third kappa shape index (κ3) is 15.0. The minimum Gasteiger partial charge on any atom is -0.394 e. The molecule has 268 valence electrons. The van der Waals surface area contributed by atoms with Crippen LogP contribution in [0.1, 0.15) is 53.0 Å². The van der Waals surface area contributed by atoms with Crippen LogP contribution >= 0.6 is 0 Å². The third-order valence-electron chi connectivity index (χ3n) is 6.45. The predicted molar refractivity (Wildman–Crippen MR) is 199 cm³/mol. The van der Waals surface area contributed by atoms with Gasteiger partial charge in [-0.05, 0) is 82.5 Å². The molecule has 1 heterocycles. The van der Waals surface area contributed by atoms with Crippen LogP contribution in [0.25, 0.3) is 11.1 Å². The van der Waals surface area contributed by atoms with E-state index in [-0.39, 0.29) is 18.3 Å². The van der Waals surface area contributed by atoms with Gasteiger partial charge in [0.25, 0.3) is 0 Å². The van der Waals surface area contributed by atoms with E-state index in [1.807, 2.05) is 64.2 Å². The third-order valence-corrected chi connectivity index (χ3v) is 7.72. The zero-order valence-electron chi connectivity index (χ0n) is 29.2. The fourth-order valence-corrected chi connectivity index (χ4v) is 4.38. The molecule has 0 bridgehead atoms. The number of nitrogens with one attached hydrogen (secondary N) is 4. The van der Waals surface area contributed by atoms with Crippen molar-refractivity contribution in [3.8, 4) is 11.1 Å². The number of rotatable bonds is 11. The molecule has 0 fully saturated rings. The number of carbonyl (C=O) groups excluding carboxylic acids is 1. The first-order valence-corrected chi connectivity index (χ1v) is 18.0. The van der Waals surface area contributed by atoms with Gasteiger partial charge in [-0.15, -0.1) is 0 Å². The number of aliphatic hydroxyl groups is 1. The molecular weight excluding hydrogens is 653 g/mol. The van der Waals surface area contributed by atoms with Crippen molar-refractivity contribution in [1.82, 2.24) is 9.97 Å². The van der Waals surface area contributed by atoms with Crippen molar-refractivity contribution in [1.29, 1.82) is 0 Å². The summed E-state index contributed by atoms with van der Waals surface area (Å²) < 4.78 is 48.3.